The second-order valence-electron chi connectivity index (χ2n) is 4.92. The molecule has 2 rings (SSSR count). The fourth-order valence-corrected chi connectivity index (χ4v) is 2.78. The molecular formula is C16H16BrFO. The van der Waals surface area contributed by atoms with Gasteiger partial charge in [0.1, 0.15) is 5.82 Å². The Morgan fingerprint density at radius 3 is 2.26 bits per heavy atom. The Balaban J connectivity index is 2.22. The van der Waals surface area contributed by atoms with Crippen LogP contribution in [0.4, 0.5) is 4.39 Å². The molecule has 2 aromatic rings. The van der Waals surface area contributed by atoms with Crippen LogP contribution < -0.4 is 0 Å². The molecule has 0 saturated heterocycles. The molecule has 1 N–H and O–H groups in total. The average molecular weight is 323 g/mol. The zero-order valence-corrected chi connectivity index (χ0v) is 12.5. The van der Waals surface area contributed by atoms with Crippen LogP contribution in [0.1, 0.15) is 28.4 Å². The molecule has 0 radical (unpaired) electrons. The second kappa shape index (κ2) is 5.85. The summed E-state index contributed by atoms with van der Waals surface area (Å²) in [6, 6.07) is 10.7. The highest BCUT2D eigenvalue weighted by atomic mass is 79.9. The van der Waals surface area contributed by atoms with E-state index in [1.54, 1.807) is 6.07 Å². The Bertz CT molecular complexity index is 555. The molecule has 0 spiro atoms. The van der Waals surface area contributed by atoms with Gasteiger partial charge < -0.3 is 5.11 Å². The van der Waals surface area contributed by atoms with Crippen molar-refractivity contribution in [2.75, 3.05) is 0 Å². The molecule has 1 atom stereocenters. The van der Waals surface area contributed by atoms with Gasteiger partial charge in [-0.05, 0) is 43.2 Å². The molecule has 0 aliphatic carbocycles. The molecule has 0 fully saturated rings. The summed E-state index contributed by atoms with van der Waals surface area (Å²) in [5.41, 5.74) is 3.99. The van der Waals surface area contributed by atoms with Gasteiger partial charge in [0.25, 0.3) is 0 Å². The third kappa shape index (κ3) is 3.88. The van der Waals surface area contributed by atoms with Gasteiger partial charge in [-0.3, -0.25) is 0 Å². The summed E-state index contributed by atoms with van der Waals surface area (Å²) in [6.45, 7) is 4.06. The molecule has 3 heteroatoms. The first-order valence-electron chi connectivity index (χ1n) is 6.15. The van der Waals surface area contributed by atoms with Crippen molar-refractivity contribution in [1.29, 1.82) is 0 Å². The highest BCUT2D eigenvalue weighted by Crippen LogP contribution is 2.24. The van der Waals surface area contributed by atoms with Crippen LogP contribution >= 0.6 is 15.9 Å². The monoisotopic (exact) mass is 322 g/mol. The fourth-order valence-electron chi connectivity index (χ4n) is 2.30. The number of aryl methyl sites for hydroxylation is 2. The van der Waals surface area contributed by atoms with Gasteiger partial charge in [0.2, 0.25) is 0 Å². The number of hydrogen-bond donors (Lipinski definition) is 1. The third-order valence-electron chi connectivity index (χ3n) is 2.98. The van der Waals surface area contributed by atoms with Gasteiger partial charge in [-0.25, -0.2) is 4.39 Å². The third-order valence-corrected chi connectivity index (χ3v) is 3.44. The highest BCUT2D eigenvalue weighted by Gasteiger charge is 2.11. The Hall–Kier alpha value is -1.19. The van der Waals surface area contributed by atoms with Crippen molar-refractivity contribution < 1.29 is 9.50 Å². The number of hydrogen-bond acceptors (Lipinski definition) is 1. The SMILES string of the molecule is Cc1cc(C)cc(CC(O)c2cc(F)cc(Br)c2)c1. The lowest BCUT2D eigenvalue weighted by atomic mass is 9.98. The van der Waals surface area contributed by atoms with E-state index in [0.29, 0.717) is 16.5 Å². The molecule has 0 heterocycles. The topological polar surface area (TPSA) is 20.2 Å². The lowest BCUT2D eigenvalue weighted by Gasteiger charge is -2.13. The number of aliphatic hydroxyl groups excluding tert-OH is 1. The van der Waals surface area contributed by atoms with Crippen LogP contribution in [0.15, 0.2) is 40.9 Å². The van der Waals surface area contributed by atoms with E-state index >= 15 is 0 Å². The van der Waals surface area contributed by atoms with E-state index in [1.807, 2.05) is 26.0 Å². The van der Waals surface area contributed by atoms with Crippen LogP contribution in [0, 0.1) is 19.7 Å². The van der Waals surface area contributed by atoms with E-state index < -0.39 is 6.10 Å². The number of benzene rings is 2. The van der Waals surface area contributed by atoms with E-state index in [9.17, 15) is 9.50 Å². The predicted molar refractivity (Wildman–Crippen MR) is 78.7 cm³/mol. The molecule has 1 nitrogen and oxygen atoms in total. The zero-order valence-electron chi connectivity index (χ0n) is 11.0. The number of rotatable bonds is 3. The minimum atomic E-state index is -0.701. The minimum Gasteiger partial charge on any atom is -0.388 e. The van der Waals surface area contributed by atoms with Crippen LogP contribution in [0.2, 0.25) is 0 Å². The summed E-state index contributed by atoms with van der Waals surface area (Å²) in [4.78, 5) is 0. The van der Waals surface area contributed by atoms with Crippen LogP contribution in [-0.4, -0.2) is 5.11 Å². The van der Waals surface area contributed by atoms with Crippen LogP contribution in [-0.2, 0) is 6.42 Å². The maximum atomic E-state index is 13.3. The lowest BCUT2D eigenvalue weighted by molar-refractivity contribution is 0.178. The Labute approximate surface area is 121 Å². The van der Waals surface area contributed by atoms with Crippen molar-refractivity contribution in [3.63, 3.8) is 0 Å². The summed E-state index contributed by atoms with van der Waals surface area (Å²) in [7, 11) is 0. The van der Waals surface area contributed by atoms with Gasteiger partial charge in [0.15, 0.2) is 0 Å². The molecule has 1 unspecified atom stereocenters. The Kier molecular flexibility index (Phi) is 4.38. The highest BCUT2D eigenvalue weighted by molar-refractivity contribution is 9.10. The Morgan fingerprint density at radius 1 is 1.05 bits per heavy atom. The van der Waals surface area contributed by atoms with Crippen molar-refractivity contribution in [3.8, 4) is 0 Å². The summed E-state index contributed by atoms with van der Waals surface area (Å²) in [5, 5.41) is 10.2. The zero-order chi connectivity index (χ0) is 14.0. The smallest absolute Gasteiger partial charge is 0.124 e. The van der Waals surface area contributed by atoms with Gasteiger partial charge in [-0.1, -0.05) is 45.3 Å². The lowest BCUT2D eigenvalue weighted by Crippen LogP contribution is -2.03. The summed E-state index contributed by atoms with van der Waals surface area (Å²) in [5.74, 6) is -0.344. The molecule has 0 aliphatic rings. The summed E-state index contributed by atoms with van der Waals surface area (Å²) < 4.78 is 14.0. The van der Waals surface area contributed by atoms with E-state index in [0.717, 1.165) is 5.56 Å². The van der Waals surface area contributed by atoms with E-state index in [-0.39, 0.29) is 5.82 Å². The average Bonchev–Trinajstić information content (AvgIpc) is 2.25. The molecule has 19 heavy (non-hydrogen) atoms. The first-order chi connectivity index (χ1) is 8.94. The molecule has 0 saturated carbocycles. The van der Waals surface area contributed by atoms with Crippen molar-refractivity contribution in [1.82, 2.24) is 0 Å². The van der Waals surface area contributed by atoms with E-state index in [2.05, 4.69) is 22.0 Å². The van der Waals surface area contributed by atoms with Gasteiger partial charge in [-0.2, -0.15) is 0 Å². The first kappa shape index (κ1) is 14.2. The molecule has 0 aliphatic heterocycles. The molecular weight excluding hydrogens is 307 g/mol. The predicted octanol–water partition coefficient (Wildman–Crippen LogP) is 4.48. The van der Waals surface area contributed by atoms with Gasteiger partial charge in [-0.15, -0.1) is 0 Å². The summed E-state index contributed by atoms with van der Waals surface area (Å²) in [6.07, 6.45) is -0.216. The summed E-state index contributed by atoms with van der Waals surface area (Å²) >= 11 is 3.24. The maximum absolute atomic E-state index is 13.3. The maximum Gasteiger partial charge on any atom is 0.124 e. The quantitative estimate of drug-likeness (QED) is 0.883. The van der Waals surface area contributed by atoms with Crippen LogP contribution in [0.3, 0.4) is 0 Å². The van der Waals surface area contributed by atoms with Gasteiger partial charge in [0, 0.05) is 10.9 Å². The molecule has 0 bridgehead atoms. The van der Waals surface area contributed by atoms with Gasteiger partial charge in [0.05, 0.1) is 6.10 Å². The van der Waals surface area contributed by atoms with Crippen molar-refractivity contribution in [2.24, 2.45) is 0 Å². The van der Waals surface area contributed by atoms with Crippen LogP contribution in [0.5, 0.6) is 0 Å². The van der Waals surface area contributed by atoms with Crippen molar-refractivity contribution >= 4 is 15.9 Å². The minimum absolute atomic E-state index is 0.344. The molecule has 0 aromatic heterocycles. The second-order valence-corrected chi connectivity index (χ2v) is 5.83. The molecule has 0 amide bonds. The van der Waals surface area contributed by atoms with E-state index in [1.165, 1.54) is 23.3 Å². The first-order valence-corrected chi connectivity index (χ1v) is 6.94. The fraction of sp³-hybridized carbons (Fsp3) is 0.250. The van der Waals surface area contributed by atoms with Gasteiger partial charge >= 0.3 is 0 Å². The normalized spacial score (nSPS) is 12.5. The molecule has 2 aromatic carbocycles. The number of aliphatic hydroxyl groups is 1. The largest absolute Gasteiger partial charge is 0.388 e. The van der Waals surface area contributed by atoms with Crippen molar-refractivity contribution in [3.05, 3.63) is 68.9 Å². The standard InChI is InChI=1S/C16H16BrFO/c1-10-3-11(2)5-12(4-10)6-16(19)13-7-14(17)9-15(18)8-13/h3-5,7-9,16,19H,6H2,1-2H3. The number of halogens is 2. The van der Waals surface area contributed by atoms with Crippen LogP contribution in [0.25, 0.3) is 0 Å². The Morgan fingerprint density at radius 2 is 1.68 bits per heavy atom. The van der Waals surface area contributed by atoms with E-state index in [4.69, 9.17) is 0 Å². The van der Waals surface area contributed by atoms with Crippen molar-refractivity contribution in [2.45, 2.75) is 26.4 Å². The molecule has 100 valence electrons.